The van der Waals surface area contributed by atoms with E-state index < -0.39 is 0 Å². The number of carbonyl (C=O) groups excluding carboxylic acids is 1. The van der Waals surface area contributed by atoms with Crippen molar-refractivity contribution in [1.82, 2.24) is 0 Å². The van der Waals surface area contributed by atoms with Crippen LogP contribution in [0.1, 0.15) is 30.2 Å². The summed E-state index contributed by atoms with van der Waals surface area (Å²) >= 11 is 0. The number of Topliss-reactive ketones (excluding diaryl/α,β-unsaturated/α-hetero) is 1. The van der Waals surface area contributed by atoms with Crippen LogP contribution in [-0.2, 0) is 6.54 Å². The van der Waals surface area contributed by atoms with Gasteiger partial charge in [-0.25, -0.2) is 0 Å². The fourth-order valence-electron chi connectivity index (χ4n) is 1.62. The van der Waals surface area contributed by atoms with Gasteiger partial charge in [0.2, 0.25) is 0 Å². The molecule has 90 valence electrons. The second-order valence-corrected chi connectivity index (χ2v) is 3.79. The largest absolute Gasteiger partial charge is 0.467 e. The summed E-state index contributed by atoms with van der Waals surface area (Å²) < 4.78 is 10.8. The van der Waals surface area contributed by atoms with Gasteiger partial charge in [-0.3, -0.25) is 4.79 Å². The van der Waals surface area contributed by atoms with Crippen molar-refractivity contribution in [3.63, 3.8) is 0 Å². The molecule has 0 saturated carbocycles. The molecule has 4 nitrogen and oxygen atoms in total. The lowest BCUT2D eigenvalue weighted by atomic mass is 10.3. The molecule has 2 rings (SSSR count). The molecule has 0 atom stereocenters. The van der Waals surface area contributed by atoms with Crippen LogP contribution in [0.2, 0.25) is 0 Å². The van der Waals surface area contributed by atoms with Crippen molar-refractivity contribution in [2.75, 3.05) is 11.4 Å². The second kappa shape index (κ2) is 4.91. The molecule has 0 aromatic carbocycles. The minimum absolute atomic E-state index is 0.0645. The molecule has 0 radical (unpaired) electrons. The number of hydrogen-bond donors (Lipinski definition) is 0. The molecule has 17 heavy (non-hydrogen) atoms. The van der Waals surface area contributed by atoms with Crippen molar-refractivity contribution in [2.45, 2.75) is 20.4 Å². The number of hydrogen-bond acceptors (Lipinski definition) is 4. The summed E-state index contributed by atoms with van der Waals surface area (Å²) in [5, 5.41) is 0. The molecule has 0 bridgehead atoms. The molecule has 0 fully saturated rings. The van der Waals surface area contributed by atoms with E-state index in [0.29, 0.717) is 18.2 Å². The van der Waals surface area contributed by atoms with Crippen LogP contribution in [0.15, 0.2) is 39.4 Å². The smallest absolute Gasteiger partial charge is 0.196 e. The summed E-state index contributed by atoms with van der Waals surface area (Å²) in [5.74, 6) is 1.88. The Hall–Kier alpha value is -1.97. The Kier molecular flexibility index (Phi) is 3.32. The summed E-state index contributed by atoms with van der Waals surface area (Å²) in [5.41, 5.74) is 0. The van der Waals surface area contributed by atoms with Crippen LogP contribution in [0.3, 0.4) is 0 Å². The molecule has 0 amide bonds. The van der Waals surface area contributed by atoms with Crippen LogP contribution in [0, 0.1) is 0 Å². The normalized spacial score (nSPS) is 10.5. The lowest BCUT2D eigenvalue weighted by Gasteiger charge is -2.18. The predicted molar refractivity (Wildman–Crippen MR) is 64.1 cm³/mol. The summed E-state index contributed by atoms with van der Waals surface area (Å²) in [7, 11) is 0. The zero-order valence-electron chi connectivity index (χ0n) is 9.97. The topological polar surface area (TPSA) is 46.6 Å². The van der Waals surface area contributed by atoms with Gasteiger partial charge < -0.3 is 13.7 Å². The van der Waals surface area contributed by atoms with Gasteiger partial charge in [0.05, 0.1) is 12.8 Å². The van der Waals surface area contributed by atoms with E-state index in [-0.39, 0.29) is 5.78 Å². The average molecular weight is 233 g/mol. The molecule has 0 spiro atoms. The minimum atomic E-state index is -0.0645. The third-order valence-corrected chi connectivity index (χ3v) is 2.56. The molecule has 0 aliphatic heterocycles. The van der Waals surface area contributed by atoms with Crippen molar-refractivity contribution in [3.05, 3.63) is 42.0 Å². The van der Waals surface area contributed by atoms with Gasteiger partial charge in [0.1, 0.15) is 5.76 Å². The molecule has 2 aromatic heterocycles. The lowest BCUT2D eigenvalue weighted by Crippen LogP contribution is -2.21. The van der Waals surface area contributed by atoms with Crippen LogP contribution in [0.5, 0.6) is 0 Å². The van der Waals surface area contributed by atoms with Gasteiger partial charge in [0, 0.05) is 19.5 Å². The molecule has 2 aromatic rings. The first kappa shape index (κ1) is 11.5. The fraction of sp³-hybridized carbons (Fsp3) is 0.308. The van der Waals surface area contributed by atoms with Gasteiger partial charge >= 0.3 is 0 Å². The average Bonchev–Trinajstić information content (AvgIpc) is 2.96. The monoisotopic (exact) mass is 233 g/mol. The van der Waals surface area contributed by atoms with Crippen molar-refractivity contribution in [1.29, 1.82) is 0 Å². The highest BCUT2D eigenvalue weighted by Crippen LogP contribution is 2.21. The quantitative estimate of drug-likeness (QED) is 0.744. The molecule has 0 aliphatic rings. The van der Waals surface area contributed by atoms with E-state index in [1.807, 2.05) is 30.0 Å². The van der Waals surface area contributed by atoms with E-state index in [1.54, 1.807) is 12.3 Å². The zero-order valence-corrected chi connectivity index (χ0v) is 9.97. The van der Waals surface area contributed by atoms with Gasteiger partial charge in [-0.15, -0.1) is 0 Å². The fourth-order valence-corrected chi connectivity index (χ4v) is 1.62. The zero-order chi connectivity index (χ0) is 12.3. The van der Waals surface area contributed by atoms with Gasteiger partial charge in [0.15, 0.2) is 17.4 Å². The molecule has 4 heteroatoms. The molecule has 2 heterocycles. The van der Waals surface area contributed by atoms with Crippen LogP contribution in [0.25, 0.3) is 0 Å². The lowest BCUT2D eigenvalue weighted by molar-refractivity contribution is 0.0987. The highest BCUT2D eigenvalue weighted by molar-refractivity contribution is 5.91. The maximum atomic E-state index is 11.2. The summed E-state index contributed by atoms with van der Waals surface area (Å²) in [6.07, 6.45) is 1.65. The van der Waals surface area contributed by atoms with E-state index >= 15 is 0 Å². The van der Waals surface area contributed by atoms with Gasteiger partial charge in [0.25, 0.3) is 0 Å². The van der Waals surface area contributed by atoms with Crippen LogP contribution < -0.4 is 4.90 Å². The highest BCUT2D eigenvalue weighted by atomic mass is 16.4. The molecule has 0 unspecified atom stereocenters. The standard InChI is InChI=1S/C13H15NO3/c1-3-14(9-11-5-4-8-16-11)13-7-6-12(17-13)10(2)15/h4-8H,3,9H2,1-2H3. The van der Waals surface area contributed by atoms with Gasteiger partial charge in [-0.1, -0.05) is 0 Å². The van der Waals surface area contributed by atoms with Crippen LogP contribution in [-0.4, -0.2) is 12.3 Å². The number of nitrogens with zero attached hydrogens (tertiary/aromatic N) is 1. The Morgan fingerprint density at radius 2 is 2.18 bits per heavy atom. The summed E-state index contributed by atoms with van der Waals surface area (Å²) in [4.78, 5) is 13.2. The molecular weight excluding hydrogens is 218 g/mol. The predicted octanol–water partition coefficient (Wildman–Crippen LogP) is 3.10. The van der Waals surface area contributed by atoms with Crippen molar-refractivity contribution >= 4 is 11.7 Å². The number of anilines is 1. The number of furan rings is 2. The summed E-state index contributed by atoms with van der Waals surface area (Å²) in [6.45, 7) is 4.93. The van der Waals surface area contributed by atoms with E-state index in [1.165, 1.54) is 6.92 Å². The van der Waals surface area contributed by atoms with Crippen LogP contribution >= 0.6 is 0 Å². The van der Waals surface area contributed by atoms with E-state index in [2.05, 4.69) is 0 Å². The van der Waals surface area contributed by atoms with E-state index in [4.69, 9.17) is 8.83 Å². The Morgan fingerprint density at radius 1 is 1.35 bits per heavy atom. The Labute approximate surface area is 99.8 Å². The second-order valence-electron chi connectivity index (χ2n) is 3.79. The SMILES string of the molecule is CCN(Cc1ccco1)c1ccc(C(C)=O)o1. The number of ketones is 1. The Bertz CT molecular complexity index is 484. The van der Waals surface area contributed by atoms with E-state index in [9.17, 15) is 4.79 Å². The highest BCUT2D eigenvalue weighted by Gasteiger charge is 2.13. The first-order valence-electron chi connectivity index (χ1n) is 5.58. The Balaban J connectivity index is 2.14. The Morgan fingerprint density at radius 3 is 2.71 bits per heavy atom. The molecule has 0 N–H and O–H groups in total. The molecule has 0 saturated heterocycles. The first-order chi connectivity index (χ1) is 8.20. The number of rotatable bonds is 5. The molecular formula is C13H15NO3. The number of carbonyl (C=O) groups is 1. The van der Waals surface area contributed by atoms with Gasteiger partial charge in [-0.05, 0) is 25.1 Å². The van der Waals surface area contributed by atoms with Crippen molar-refractivity contribution < 1.29 is 13.6 Å². The van der Waals surface area contributed by atoms with E-state index in [0.717, 1.165) is 12.3 Å². The minimum Gasteiger partial charge on any atom is -0.467 e. The first-order valence-corrected chi connectivity index (χ1v) is 5.58. The molecule has 0 aliphatic carbocycles. The maximum absolute atomic E-state index is 11.2. The van der Waals surface area contributed by atoms with Crippen LogP contribution in [0.4, 0.5) is 5.88 Å². The maximum Gasteiger partial charge on any atom is 0.196 e. The van der Waals surface area contributed by atoms with Gasteiger partial charge in [-0.2, -0.15) is 0 Å². The summed E-state index contributed by atoms with van der Waals surface area (Å²) in [6, 6.07) is 7.27. The third kappa shape index (κ3) is 2.58. The third-order valence-electron chi connectivity index (χ3n) is 2.56. The van der Waals surface area contributed by atoms with Crippen molar-refractivity contribution in [2.24, 2.45) is 0 Å². The van der Waals surface area contributed by atoms with Crippen molar-refractivity contribution in [3.8, 4) is 0 Å².